The molecule has 2 aromatic heterocycles. The van der Waals surface area contributed by atoms with Gasteiger partial charge in [0.2, 0.25) is 5.91 Å². The average molecular weight is 330 g/mol. The highest BCUT2D eigenvalue weighted by atomic mass is 32.1. The fraction of sp³-hybridized carbons (Fsp3) is 0.375. The zero-order valence-electron chi connectivity index (χ0n) is 12.9. The molecule has 2 heterocycles. The van der Waals surface area contributed by atoms with Crippen molar-refractivity contribution in [2.45, 2.75) is 39.2 Å². The Bertz CT molecular complexity index is 727. The maximum atomic E-state index is 12.6. The zero-order chi connectivity index (χ0) is 16.2. The molecule has 0 bridgehead atoms. The topological polar surface area (TPSA) is 84.0 Å². The maximum absolute atomic E-state index is 12.6. The van der Waals surface area contributed by atoms with Gasteiger partial charge in [0.25, 0.3) is 5.91 Å². The molecule has 0 unspecified atom stereocenters. The van der Waals surface area contributed by atoms with E-state index in [0.29, 0.717) is 16.4 Å². The number of carbonyl (C=O) groups is 2. The van der Waals surface area contributed by atoms with E-state index in [1.54, 1.807) is 18.5 Å². The van der Waals surface area contributed by atoms with Gasteiger partial charge >= 0.3 is 0 Å². The van der Waals surface area contributed by atoms with Crippen LogP contribution in [0.4, 0.5) is 5.00 Å². The van der Waals surface area contributed by atoms with E-state index in [1.165, 1.54) is 23.1 Å². The van der Waals surface area contributed by atoms with Gasteiger partial charge in [0.05, 0.1) is 12.1 Å². The normalized spacial score (nSPS) is 13.3. The third-order valence-corrected chi connectivity index (χ3v) is 4.92. The molecule has 1 aliphatic rings. The number of rotatable bonds is 4. The summed E-state index contributed by atoms with van der Waals surface area (Å²) in [4.78, 5) is 33.5. The zero-order valence-corrected chi connectivity index (χ0v) is 13.7. The van der Waals surface area contributed by atoms with Gasteiger partial charge in [-0.05, 0) is 37.3 Å². The minimum absolute atomic E-state index is 0.163. The van der Waals surface area contributed by atoms with E-state index in [1.807, 2.05) is 0 Å². The summed E-state index contributed by atoms with van der Waals surface area (Å²) in [6, 6.07) is 1.73. The predicted octanol–water partition coefficient (Wildman–Crippen LogP) is 2.31. The number of amides is 2. The van der Waals surface area contributed by atoms with Crippen LogP contribution < -0.4 is 10.6 Å². The van der Waals surface area contributed by atoms with Crippen LogP contribution in [0.3, 0.4) is 0 Å². The Morgan fingerprint density at radius 3 is 2.70 bits per heavy atom. The summed E-state index contributed by atoms with van der Waals surface area (Å²) in [5.74, 6) is 0.218. The highest BCUT2D eigenvalue weighted by Crippen LogP contribution is 2.38. The van der Waals surface area contributed by atoms with Crippen LogP contribution in [0.5, 0.6) is 0 Å². The predicted molar refractivity (Wildman–Crippen MR) is 88.5 cm³/mol. The molecule has 2 aromatic rings. The number of nitrogens with one attached hydrogen (secondary N) is 2. The van der Waals surface area contributed by atoms with Crippen molar-refractivity contribution in [2.24, 2.45) is 0 Å². The van der Waals surface area contributed by atoms with Crippen molar-refractivity contribution in [3.05, 3.63) is 40.3 Å². The molecule has 0 aliphatic heterocycles. The highest BCUT2D eigenvalue weighted by molar-refractivity contribution is 7.17. The molecule has 6 nitrogen and oxygen atoms in total. The lowest BCUT2D eigenvalue weighted by Crippen LogP contribution is -2.26. The Kier molecular flexibility index (Phi) is 4.66. The Labute approximate surface area is 138 Å². The number of nitrogens with zero attached hydrogens (tertiary/aromatic N) is 2. The molecule has 0 radical (unpaired) electrons. The first-order valence-electron chi connectivity index (χ1n) is 7.61. The minimum Gasteiger partial charge on any atom is -0.345 e. The first-order chi connectivity index (χ1) is 11.1. The molecule has 2 amide bonds. The molecule has 23 heavy (non-hydrogen) atoms. The second kappa shape index (κ2) is 6.87. The van der Waals surface area contributed by atoms with Crippen molar-refractivity contribution in [3.63, 3.8) is 0 Å². The molecule has 7 heteroatoms. The number of anilines is 1. The van der Waals surface area contributed by atoms with Crippen LogP contribution in [0.25, 0.3) is 0 Å². The SMILES string of the molecule is CC(=O)Nc1sc2c(c1C(=O)NCc1ncccn1)CCCC2. The van der Waals surface area contributed by atoms with Crippen LogP contribution in [0, 0.1) is 0 Å². The van der Waals surface area contributed by atoms with E-state index in [9.17, 15) is 9.59 Å². The molecular formula is C16H18N4O2S. The number of aryl methyl sites for hydroxylation is 1. The summed E-state index contributed by atoms with van der Waals surface area (Å²) in [5.41, 5.74) is 1.69. The molecule has 0 saturated carbocycles. The third-order valence-electron chi connectivity index (χ3n) is 3.71. The molecule has 120 valence electrons. The van der Waals surface area contributed by atoms with Crippen LogP contribution in [-0.4, -0.2) is 21.8 Å². The molecular weight excluding hydrogens is 312 g/mol. The Morgan fingerprint density at radius 2 is 1.96 bits per heavy atom. The third kappa shape index (κ3) is 3.56. The summed E-state index contributed by atoms with van der Waals surface area (Å²) in [6.07, 6.45) is 7.35. The first kappa shape index (κ1) is 15.6. The standard InChI is InChI=1S/C16H18N4O2S/c1-10(21)20-16-14(11-5-2-3-6-12(11)23-16)15(22)19-9-13-17-7-4-8-18-13/h4,7-8H,2-3,5-6,9H2,1H3,(H,19,22)(H,20,21). The molecule has 0 saturated heterocycles. The number of aromatic nitrogens is 2. The molecule has 2 N–H and O–H groups in total. The number of carbonyl (C=O) groups excluding carboxylic acids is 2. The van der Waals surface area contributed by atoms with Gasteiger partial charge in [-0.3, -0.25) is 9.59 Å². The van der Waals surface area contributed by atoms with Crippen molar-refractivity contribution >= 4 is 28.2 Å². The number of fused-ring (bicyclic) bond motifs is 1. The van der Waals surface area contributed by atoms with E-state index in [-0.39, 0.29) is 18.4 Å². The van der Waals surface area contributed by atoms with Crippen molar-refractivity contribution in [2.75, 3.05) is 5.32 Å². The van der Waals surface area contributed by atoms with Crippen LogP contribution >= 0.6 is 11.3 Å². The van der Waals surface area contributed by atoms with Gasteiger partial charge < -0.3 is 10.6 Å². The molecule has 1 aliphatic carbocycles. The van der Waals surface area contributed by atoms with Gasteiger partial charge in [0.15, 0.2) is 0 Å². The van der Waals surface area contributed by atoms with Gasteiger partial charge in [0, 0.05) is 24.2 Å². The van der Waals surface area contributed by atoms with Gasteiger partial charge in [0.1, 0.15) is 10.8 Å². The van der Waals surface area contributed by atoms with Crippen LogP contribution in [-0.2, 0) is 24.2 Å². The summed E-state index contributed by atoms with van der Waals surface area (Å²) < 4.78 is 0. The van der Waals surface area contributed by atoms with E-state index in [0.717, 1.165) is 31.2 Å². The Hall–Kier alpha value is -2.28. The molecule has 0 atom stereocenters. The van der Waals surface area contributed by atoms with Gasteiger partial charge in [-0.1, -0.05) is 0 Å². The van der Waals surface area contributed by atoms with E-state index in [2.05, 4.69) is 20.6 Å². The first-order valence-corrected chi connectivity index (χ1v) is 8.43. The quantitative estimate of drug-likeness (QED) is 0.901. The van der Waals surface area contributed by atoms with Gasteiger partial charge in [-0.25, -0.2) is 9.97 Å². The molecule has 0 fully saturated rings. The Morgan fingerprint density at radius 1 is 1.22 bits per heavy atom. The monoisotopic (exact) mass is 330 g/mol. The number of hydrogen-bond donors (Lipinski definition) is 2. The fourth-order valence-electron chi connectivity index (χ4n) is 2.72. The largest absolute Gasteiger partial charge is 0.345 e. The van der Waals surface area contributed by atoms with Crippen LogP contribution in [0.1, 0.15) is 46.4 Å². The smallest absolute Gasteiger partial charge is 0.254 e. The summed E-state index contributed by atoms with van der Waals surface area (Å²) in [7, 11) is 0. The molecule has 0 spiro atoms. The molecule has 0 aromatic carbocycles. The van der Waals surface area contributed by atoms with Gasteiger partial charge in [-0.2, -0.15) is 0 Å². The fourth-order valence-corrected chi connectivity index (χ4v) is 4.06. The summed E-state index contributed by atoms with van der Waals surface area (Å²) >= 11 is 1.52. The van der Waals surface area contributed by atoms with E-state index >= 15 is 0 Å². The Balaban J connectivity index is 1.83. The van der Waals surface area contributed by atoms with Crippen LogP contribution in [0.15, 0.2) is 18.5 Å². The van der Waals surface area contributed by atoms with Crippen molar-refractivity contribution < 1.29 is 9.59 Å². The van der Waals surface area contributed by atoms with Crippen molar-refractivity contribution in [1.82, 2.24) is 15.3 Å². The summed E-state index contributed by atoms with van der Waals surface area (Å²) in [5, 5.41) is 6.30. The maximum Gasteiger partial charge on any atom is 0.254 e. The average Bonchev–Trinajstić information content (AvgIpc) is 2.90. The minimum atomic E-state index is -0.180. The van der Waals surface area contributed by atoms with E-state index in [4.69, 9.17) is 0 Å². The van der Waals surface area contributed by atoms with Crippen molar-refractivity contribution in [3.8, 4) is 0 Å². The van der Waals surface area contributed by atoms with Crippen LogP contribution in [0.2, 0.25) is 0 Å². The van der Waals surface area contributed by atoms with Crippen molar-refractivity contribution in [1.29, 1.82) is 0 Å². The number of thiophene rings is 1. The van der Waals surface area contributed by atoms with E-state index < -0.39 is 0 Å². The summed E-state index contributed by atoms with van der Waals surface area (Å²) in [6.45, 7) is 1.72. The lowest BCUT2D eigenvalue weighted by molar-refractivity contribution is -0.114. The highest BCUT2D eigenvalue weighted by Gasteiger charge is 2.25. The second-order valence-electron chi connectivity index (χ2n) is 5.44. The lowest BCUT2D eigenvalue weighted by Gasteiger charge is -2.13. The molecule has 3 rings (SSSR count). The second-order valence-corrected chi connectivity index (χ2v) is 6.55. The number of hydrogen-bond acceptors (Lipinski definition) is 5. The van der Waals surface area contributed by atoms with Gasteiger partial charge in [-0.15, -0.1) is 11.3 Å². The lowest BCUT2D eigenvalue weighted by atomic mass is 9.95.